The van der Waals surface area contributed by atoms with Crippen molar-refractivity contribution in [1.29, 1.82) is 0 Å². The molecule has 2 fully saturated rings. The molecule has 156 valence electrons. The van der Waals surface area contributed by atoms with Crippen LogP contribution in [0.25, 0.3) is 0 Å². The molecule has 0 heterocycles. The second kappa shape index (κ2) is 8.33. The van der Waals surface area contributed by atoms with E-state index in [1.165, 1.54) is 44.1 Å². The number of methoxy groups -OCH3 is 1. The van der Waals surface area contributed by atoms with Crippen molar-refractivity contribution in [3.63, 3.8) is 0 Å². The number of aliphatic hydroxyl groups is 1. The van der Waals surface area contributed by atoms with Crippen molar-refractivity contribution in [3.8, 4) is 5.75 Å². The Balaban J connectivity index is 1.47. The fraction of sp³-hybridized carbons (Fsp3) is 0.750. The Hall–Kier alpha value is -1.10. The van der Waals surface area contributed by atoms with Crippen molar-refractivity contribution in [2.75, 3.05) is 40.5 Å². The van der Waals surface area contributed by atoms with E-state index in [-0.39, 0.29) is 6.61 Å². The van der Waals surface area contributed by atoms with Crippen LogP contribution in [0.3, 0.4) is 0 Å². The third-order valence-corrected chi connectivity index (χ3v) is 8.24. The van der Waals surface area contributed by atoms with Crippen LogP contribution >= 0.6 is 0 Å². The summed E-state index contributed by atoms with van der Waals surface area (Å²) in [5.41, 5.74) is 3.56. The van der Waals surface area contributed by atoms with Crippen LogP contribution in [-0.2, 0) is 11.2 Å². The number of benzene rings is 1. The van der Waals surface area contributed by atoms with Crippen LogP contribution in [0.15, 0.2) is 18.2 Å². The maximum Gasteiger partial charge on any atom is 0.119 e. The highest BCUT2D eigenvalue weighted by atomic mass is 16.5. The van der Waals surface area contributed by atoms with Gasteiger partial charge in [-0.05, 0) is 92.0 Å². The van der Waals surface area contributed by atoms with Crippen molar-refractivity contribution in [2.45, 2.75) is 57.4 Å². The first-order valence-corrected chi connectivity index (χ1v) is 11.1. The van der Waals surface area contributed by atoms with Crippen LogP contribution in [0, 0.1) is 17.3 Å². The zero-order valence-corrected chi connectivity index (χ0v) is 17.8. The highest BCUT2D eigenvalue weighted by Gasteiger charge is 2.55. The van der Waals surface area contributed by atoms with Gasteiger partial charge in [-0.25, -0.2) is 0 Å². The number of likely N-dealkylation sites (N-methyl/N-ethyl adjacent to an activating group) is 1. The van der Waals surface area contributed by atoms with E-state index in [9.17, 15) is 0 Å². The summed E-state index contributed by atoms with van der Waals surface area (Å²) in [5, 5.41) is 8.90. The maximum atomic E-state index is 8.90. The minimum atomic E-state index is 0.114. The van der Waals surface area contributed by atoms with Crippen molar-refractivity contribution in [2.24, 2.45) is 17.3 Å². The van der Waals surface area contributed by atoms with E-state index in [1.807, 2.05) is 0 Å². The van der Waals surface area contributed by atoms with Gasteiger partial charge in [0.2, 0.25) is 0 Å². The van der Waals surface area contributed by atoms with Crippen LogP contribution in [0.5, 0.6) is 5.75 Å². The summed E-state index contributed by atoms with van der Waals surface area (Å²) in [7, 11) is 4.04. The van der Waals surface area contributed by atoms with Gasteiger partial charge < -0.3 is 19.5 Å². The molecule has 0 aliphatic heterocycles. The van der Waals surface area contributed by atoms with Gasteiger partial charge in [0.1, 0.15) is 5.75 Å². The molecule has 2 saturated carbocycles. The molecular weight excluding hydrogens is 350 g/mol. The quantitative estimate of drug-likeness (QED) is 0.722. The van der Waals surface area contributed by atoms with Gasteiger partial charge in [0.25, 0.3) is 0 Å². The van der Waals surface area contributed by atoms with E-state index in [0.717, 1.165) is 36.7 Å². The number of aryl methyl sites for hydroxylation is 1. The first-order chi connectivity index (χ1) is 13.6. The van der Waals surface area contributed by atoms with Gasteiger partial charge in [-0.1, -0.05) is 13.0 Å². The molecule has 3 aliphatic rings. The molecule has 3 aliphatic carbocycles. The Kier molecular flexibility index (Phi) is 6.01. The van der Waals surface area contributed by atoms with E-state index >= 15 is 0 Å². The third-order valence-electron chi connectivity index (χ3n) is 8.24. The molecule has 1 aromatic rings. The van der Waals surface area contributed by atoms with E-state index < -0.39 is 0 Å². The van der Waals surface area contributed by atoms with E-state index in [2.05, 4.69) is 37.1 Å². The summed E-state index contributed by atoms with van der Waals surface area (Å²) in [5.74, 6) is 3.42. The molecule has 0 amide bonds. The monoisotopic (exact) mass is 387 g/mol. The van der Waals surface area contributed by atoms with Crippen LogP contribution < -0.4 is 4.74 Å². The predicted molar refractivity (Wildman–Crippen MR) is 112 cm³/mol. The second-order valence-corrected chi connectivity index (χ2v) is 9.43. The lowest BCUT2D eigenvalue weighted by molar-refractivity contribution is -0.00309. The number of hydrogen-bond acceptors (Lipinski definition) is 4. The lowest BCUT2D eigenvalue weighted by Crippen LogP contribution is -2.49. The second-order valence-electron chi connectivity index (χ2n) is 9.43. The summed E-state index contributed by atoms with van der Waals surface area (Å²) in [4.78, 5) is 2.54. The normalized spacial score (nSPS) is 34.0. The van der Waals surface area contributed by atoms with Crippen LogP contribution in [0.1, 0.15) is 56.1 Å². The average molecular weight is 388 g/mol. The molecule has 0 saturated heterocycles. The molecule has 28 heavy (non-hydrogen) atoms. The lowest BCUT2D eigenvalue weighted by Gasteiger charge is -2.52. The predicted octanol–water partition coefficient (Wildman–Crippen LogP) is 3.86. The molecule has 4 rings (SSSR count). The zero-order valence-electron chi connectivity index (χ0n) is 17.8. The Morgan fingerprint density at radius 3 is 2.82 bits per heavy atom. The summed E-state index contributed by atoms with van der Waals surface area (Å²) in [6, 6.07) is 7.45. The van der Waals surface area contributed by atoms with Gasteiger partial charge in [-0.15, -0.1) is 0 Å². The number of nitrogens with zero attached hydrogens (tertiary/aromatic N) is 1. The first-order valence-electron chi connectivity index (χ1n) is 11.1. The van der Waals surface area contributed by atoms with Gasteiger partial charge in [-0.2, -0.15) is 0 Å². The fourth-order valence-corrected chi connectivity index (χ4v) is 6.91. The van der Waals surface area contributed by atoms with Gasteiger partial charge in [0.05, 0.1) is 26.9 Å². The molecule has 0 bridgehead atoms. The Labute approximate surface area is 170 Å². The minimum absolute atomic E-state index is 0.114. The van der Waals surface area contributed by atoms with Gasteiger partial charge in [0, 0.05) is 12.6 Å². The van der Waals surface area contributed by atoms with Crippen LogP contribution in [-0.4, -0.2) is 56.6 Å². The van der Waals surface area contributed by atoms with E-state index in [0.29, 0.717) is 18.1 Å². The SMILES string of the molecule is COc1ccc2c(c1)CC[C@@H]1[C@@H]2CC[C@]2(C)[C@@H](N(C)CCOCCO)CC[C@@H]12. The first kappa shape index (κ1) is 20.2. The molecular formula is C24H37NO3. The molecule has 5 atom stereocenters. The topological polar surface area (TPSA) is 41.9 Å². The van der Waals surface area contributed by atoms with Gasteiger partial charge in [0.15, 0.2) is 0 Å². The zero-order chi connectivity index (χ0) is 19.7. The van der Waals surface area contributed by atoms with Crippen LogP contribution in [0.2, 0.25) is 0 Å². The minimum Gasteiger partial charge on any atom is -0.497 e. The van der Waals surface area contributed by atoms with E-state index in [1.54, 1.807) is 12.7 Å². The van der Waals surface area contributed by atoms with Crippen LogP contribution in [0.4, 0.5) is 0 Å². The fourth-order valence-electron chi connectivity index (χ4n) is 6.91. The molecule has 0 spiro atoms. The Morgan fingerprint density at radius 2 is 2.04 bits per heavy atom. The van der Waals surface area contributed by atoms with E-state index in [4.69, 9.17) is 14.6 Å². The number of fused-ring (bicyclic) bond motifs is 5. The summed E-state index contributed by atoms with van der Waals surface area (Å²) in [6.07, 6.45) is 7.88. The number of rotatable bonds is 7. The van der Waals surface area contributed by atoms with Crippen molar-refractivity contribution < 1.29 is 14.6 Å². The maximum absolute atomic E-state index is 8.90. The molecule has 1 N–H and O–H groups in total. The summed E-state index contributed by atoms with van der Waals surface area (Å²) in [6.45, 7) is 4.81. The Morgan fingerprint density at radius 1 is 1.18 bits per heavy atom. The standard InChI is InChI=1S/C24H37NO3/c1-24-11-10-20-19-7-5-18(27-3)16-17(19)4-6-21(20)22(24)8-9-23(24)25(2)12-14-28-15-13-26/h5,7,16,20-23,26H,4,6,8-15H2,1-3H3/t20-,21-,22+,23+,24+/m1/s1. The lowest BCUT2D eigenvalue weighted by atomic mass is 9.55. The number of ether oxygens (including phenoxy) is 2. The van der Waals surface area contributed by atoms with Crippen molar-refractivity contribution in [3.05, 3.63) is 29.3 Å². The highest BCUT2D eigenvalue weighted by Crippen LogP contribution is 2.61. The molecule has 0 radical (unpaired) electrons. The largest absolute Gasteiger partial charge is 0.497 e. The molecule has 1 aromatic carbocycles. The third kappa shape index (κ3) is 3.48. The molecule has 0 aromatic heterocycles. The highest BCUT2D eigenvalue weighted by molar-refractivity contribution is 5.40. The smallest absolute Gasteiger partial charge is 0.119 e. The van der Waals surface area contributed by atoms with Crippen molar-refractivity contribution >= 4 is 0 Å². The molecule has 4 nitrogen and oxygen atoms in total. The summed E-state index contributed by atoms with van der Waals surface area (Å²) >= 11 is 0. The average Bonchev–Trinajstić information content (AvgIpc) is 3.07. The van der Waals surface area contributed by atoms with Gasteiger partial charge in [-0.3, -0.25) is 0 Å². The van der Waals surface area contributed by atoms with Gasteiger partial charge >= 0.3 is 0 Å². The number of aliphatic hydroxyl groups excluding tert-OH is 1. The summed E-state index contributed by atoms with van der Waals surface area (Å²) < 4.78 is 11.0. The number of hydrogen-bond donors (Lipinski definition) is 1. The molecule has 4 heteroatoms. The molecule has 0 unspecified atom stereocenters. The Bertz CT molecular complexity index is 678. The van der Waals surface area contributed by atoms with Crippen molar-refractivity contribution in [1.82, 2.24) is 4.90 Å².